The van der Waals surface area contributed by atoms with Crippen LogP contribution >= 0.6 is 0 Å². The Bertz CT molecular complexity index is 1100. The molecule has 3 aromatic rings. The van der Waals surface area contributed by atoms with Crippen molar-refractivity contribution in [2.45, 2.75) is 20.4 Å². The molecule has 1 N–H and O–H groups in total. The van der Waals surface area contributed by atoms with Gasteiger partial charge in [-0.2, -0.15) is 0 Å². The second kappa shape index (κ2) is 11.2. The summed E-state index contributed by atoms with van der Waals surface area (Å²) < 4.78 is 18.7. The predicted octanol–water partition coefficient (Wildman–Crippen LogP) is 3.74. The van der Waals surface area contributed by atoms with Crippen LogP contribution < -0.4 is 14.8 Å². The first-order valence-electron chi connectivity index (χ1n) is 11.7. The zero-order valence-electron chi connectivity index (χ0n) is 20.2. The molecule has 34 heavy (non-hydrogen) atoms. The average molecular weight is 464 g/mol. The van der Waals surface area contributed by atoms with Crippen molar-refractivity contribution in [2.75, 3.05) is 46.6 Å². The molecule has 7 heteroatoms. The van der Waals surface area contributed by atoms with E-state index in [0.717, 1.165) is 67.0 Å². The van der Waals surface area contributed by atoms with Gasteiger partial charge in [-0.3, -0.25) is 9.69 Å². The third-order valence-corrected chi connectivity index (χ3v) is 6.14. The number of ether oxygens (including phenoxy) is 3. The van der Waals surface area contributed by atoms with Crippen molar-refractivity contribution in [2.24, 2.45) is 0 Å². The summed E-state index contributed by atoms with van der Waals surface area (Å²) in [7, 11) is 1.65. The summed E-state index contributed by atoms with van der Waals surface area (Å²) in [5.74, 6) is 1.53. The van der Waals surface area contributed by atoms with Gasteiger partial charge in [0.25, 0.3) is 5.91 Å². The Balaban J connectivity index is 1.35. The lowest BCUT2D eigenvalue weighted by molar-refractivity contribution is 0.0322. The van der Waals surface area contributed by atoms with Crippen molar-refractivity contribution in [3.63, 3.8) is 0 Å². The fourth-order valence-electron chi connectivity index (χ4n) is 4.26. The molecule has 0 bridgehead atoms. The molecule has 1 fully saturated rings. The first-order valence-corrected chi connectivity index (χ1v) is 11.7. The van der Waals surface area contributed by atoms with Crippen molar-refractivity contribution in [3.8, 4) is 17.2 Å². The Labute approximate surface area is 201 Å². The van der Waals surface area contributed by atoms with E-state index in [1.807, 2.05) is 68.4 Å². The van der Waals surface area contributed by atoms with E-state index < -0.39 is 0 Å². The first kappa shape index (κ1) is 23.9. The Morgan fingerprint density at radius 1 is 1.03 bits per heavy atom. The third kappa shape index (κ3) is 5.79. The summed E-state index contributed by atoms with van der Waals surface area (Å²) in [4.78, 5) is 15.3. The van der Waals surface area contributed by atoms with Crippen LogP contribution in [0.1, 0.15) is 27.3 Å². The van der Waals surface area contributed by atoms with Crippen LogP contribution in [-0.4, -0.2) is 61.9 Å². The smallest absolute Gasteiger partial charge is 0.253 e. The van der Waals surface area contributed by atoms with Gasteiger partial charge in [0.15, 0.2) is 0 Å². The number of morpholine rings is 1. The van der Waals surface area contributed by atoms with Gasteiger partial charge in [-0.1, -0.05) is 12.1 Å². The van der Waals surface area contributed by atoms with E-state index in [9.17, 15) is 4.79 Å². The maximum atomic E-state index is 13.0. The standard InChI is InChI=1S/C27H33N3O4/c1-20-17-26(21(2)30(20)23-7-9-24(32-3)10-8-23)27(31)28-19-22-5-4-6-25(18-22)34-16-13-29-11-14-33-15-12-29/h4-10,17-18H,11-16,19H2,1-3H3,(H,28,31). The normalized spacial score (nSPS) is 14.1. The molecule has 1 amide bonds. The van der Waals surface area contributed by atoms with Crippen molar-refractivity contribution in [3.05, 3.63) is 77.1 Å². The molecule has 1 saturated heterocycles. The van der Waals surface area contributed by atoms with Crippen LogP contribution in [-0.2, 0) is 11.3 Å². The number of carbonyl (C=O) groups excluding carboxylic acids is 1. The molecule has 0 unspecified atom stereocenters. The molecule has 1 aliphatic rings. The van der Waals surface area contributed by atoms with Gasteiger partial charge < -0.3 is 24.1 Å². The summed E-state index contributed by atoms with van der Waals surface area (Å²) in [6, 6.07) is 17.6. The molecule has 2 aromatic carbocycles. The summed E-state index contributed by atoms with van der Waals surface area (Å²) >= 11 is 0. The second-order valence-corrected chi connectivity index (χ2v) is 8.45. The molecule has 2 heterocycles. The SMILES string of the molecule is COc1ccc(-n2c(C)cc(C(=O)NCc3cccc(OCCN4CCOCC4)c3)c2C)cc1. The van der Waals surface area contributed by atoms with E-state index in [4.69, 9.17) is 14.2 Å². The molecule has 7 nitrogen and oxygen atoms in total. The van der Waals surface area contributed by atoms with Crippen LogP contribution in [0, 0.1) is 13.8 Å². The Morgan fingerprint density at radius 3 is 2.53 bits per heavy atom. The molecule has 4 rings (SSSR count). The molecule has 0 radical (unpaired) electrons. The molecular formula is C27H33N3O4. The van der Waals surface area contributed by atoms with E-state index in [2.05, 4.69) is 14.8 Å². The third-order valence-electron chi connectivity index (χ3n) is 6.14. The topological polar surface area (TPSA) is 65.0 Å². The Kier molecular flexibility index (Phi) is 7.87. The van der Waals surface area contributed by atoms with Gasteiger partial charge in [0.1, 0.15) is 18.1 Å². The minimum absolute atomic E-state index is 0.0912. The summed E-state index contributed by atoms with van der Waals surface area (Å²) in [5.41, 5.74) is 4.58. The second-order valence-electron chi connectivity index (χ2n) is 8.45. The van der Waals surface area contributed by atoms with Crippen LogP contribution in [0.4, 0.5) is 0 Å². The van der Waals surface area contributed by atoms with E-state index >= 15 is 0 Å². The maximum absolute atomic E-state index is 13.0. The lowest BCUT2D eigenvalue weighted by Crippen LogP contribution is -2.38. The highest BCUT2D eigenvalue weighted by atomic mass is 16.5. The quantitative estimate of drug-likeness (QED) is 0.524. The number of hydrogen-bond donors (Lipinski definition) is 1. The van der Waals surface area contributed by atoms with E-state index in [-0.39, 0.29) is 5.91 Å². The molecule has 1 aliphatic heterocycles. The molecule has 0 spiro atoms. The lowest BCUT2D eigenvalue weighted by Gasteiger charge is -2.26. The van der Waals surface area contributed by atoms with Crippen LogP contribution in [0.25, 0.3) is 5.69 Å². The van der Waals surface area contributed by atoms with Crippen molar-refractivity contribution in [1.29, 1.82) is 0 Å². The summed E-state index contributed by atoms with van der Waals surface area (Å²) in [6.07, 6.45) is 0. The summed E-state index contributed by atoms with van der Waals surface area (Å²) in [6.45, 7) is 9.41. The number of carbonyl (C=O) groups is 1. The predicted molar refractivity (Wildman–Crippen MR) is 132 cm³/mol. The van der Waals surface area contributed by atoms with Crippen LogP contribution in [0.5, 0.6) is 11.5 Å². The molecule has 1 aromatic heterocycles. The van der Waals surface area contributed by atoms with E-state index in [0.29, 0.717) is 18.7 Å². The molecular weight excluding hydrogens is 430 g/mol. The van der Waals surface area contributed by atoms with Gasteiger partial charge in [0.05, 0.1) is 25.9 Å². The fourth-order valence-corrected chi connectivity index (χ4v) is 4.26. The highest BCUT2D eigenvalue weighted by Crippen LogP contribution is 2.23. The number of rotatable bonds is 9. The van der Waals surface area contributed by atoms with Gasteiger partial charge in [-0.05, 0) is 61.9 Å². The van der Waals surface area contributed by atoms with Gasteiger partial charge in [0, 0.05) is 43.3 Å². The largest absolute Gasteiger partial charge is 0.497 e. The van der Waals surface area contributed by atoms with Crippen molar-refractivity contribution < 1.29 is 19.0 Å². The number of aryl methyl sites for hydroxylation is 1. The minimum atomic E-state index is -0.0912. The summed E-state index contributed by atoms with van der Waals surface area (Å²) in [5, 5.41) is 3.05. The lowest BCUT2D eigenvalue weighted by atomic mass is 10.2. The van der Waals surface area contributed by atoms with Crippen LogP contribution in [0.3, 0.4) is 0 Å². The molecule has 0 saturated carbocycles. The minimum Gasteiger partial charge on any atom is -0.497 e. The number of hydrogen-bond acceptors (Lipinski definition) is 5. The van der Waals surface area contributed by atoms with Gasteiger partial charge >= 0.3 is 0 Å². The zero-order chi connectivity index (χ0) is 23.9. The van der Waals surface area contributed by atoms with Gasteiger partial charge in [-0.15, -0.1) is 0 Å². The molecule has 180 valence electrons. The van der Waals surface area contributed by atoms with Crippen LogP contribution in [0.2, 0.25) is 0 Å². The monoisotopic (exact) mass is 463 g/mol. The highest BCUT2D eigenvalue weighted by molar-refractivity contribution is 5.95. The van der Waals surface area contributed by atoms with E-state index in [1.54, 1.807) is 7.11 Å². The number of benzene rings is 2. The fraction of sp³-hybridized carbons (Fsp3) is 0.370. The number of aromatic nitrogens is 1. The number of nitrogens with zero attached hydrogens (tertiary/aromatic N) is 2. The van der Waals surface area contributed by atoms with Gasteiger partial charge in [-0.25, -0.2) is 0 Å². The Morgan fingerprint density at radius 2 is 1.79 bits per heavy atom. The number of methoxy groups -OCH3 is 1. The Hall–Kier alpha value is -3.29. The van der Waals surface area contributed by atoms with Crippen LogP contribution in [0.15, 0.2) is 54.6 Å². The average Bonchev–Trinajstić information content (AvgIpc) is 3.17. The van der Waals surface area contributed by atoms with Gasteiger partial charge in [0.2, 0.25) is 0 Å². The molecule has 0 atom stereocenters. The van der Waals surface area contributed by atoms with E-state index in [1.165, 1.54) is 0 Å². The number of nitrogens with one attached hydrogen (secondary N) is 1. The molecule has 0 aliphatic carbocycles. The highest BCUT2D eigenvalue weighted by Gasteiger charge is 2.17. The zero-order valence-corrected chi connectivity index (χ0v) is 20.2. The van der Waals surface area contributed by atoms with Crippen molar-refractivity contribution in [1.82, 2.24) is 14.8 Å². The maximum Gasteiger partial charge on any atom is 0.253 e. The number of amides is 1. The first-order chi connectivity index (χ1) is 16.5. The van der Waals surface area contributed by atoms with Crippen molar-refractivity contribution >= 4 is 5.91 Å².